The number of carbonyl (C=O) groups is 2. The number of thiophene rings is 1. The maximum atomic E-state index is 12.1. The van der Waals surface area contributed by atoms with E-state index in [1.165, 1.54) is 18.9 Å². The van der Waals surface area contributed by atoms with Crippen LogP contribution in [0.1, 0.15) is 27.2 Å². The number of thioether (sulfide) groups is 1. The Morgan fingerprint density at radius 3 is 2.64 bits per heavy atom. The lowest BCUT2D eigenvalue weighted by atomic mass is 10.2. The third-order valence-electron chi connectivity index (χ3n) is 3.29. The third-order valence-corrected chi connectivity index (χ3v) is 5.75. The molecule has 0 saturated carbocycles. The molecule has 1 amide bonds. The zero-order valence-corrected chi connectivity index (χ0v) is 16.0. The van der Waals surface area contributed by atoms with Gasteiger partial charge in [0.15, 0.2) is 0 Å². The van der Waals surface area contributed by atoms with Crippen LogP contribution in [-0.4, -0.2) is 24.7 Å². The molecule has 0 radical (unpaired) electrons. The van der Waals surface area contributed by atoms with Gasteiger partial charge in [0.1, 0.15) is 15.9 Å². The summed E-state index contributed by atoms with van der Waals surface area (Å²) >= 11 is 8.42. The summed E-state index contributed by atoms with van der Waals surface area (Å²) in [6.07, 6.45) is 0.280. The zero-order chi connectivity index (χ0) is 18.4. The van der Waals surface area contributed by atoms with Crippen molar-refractivity contribution in [1.82, 2.24) is 0 Å². The molecule has 2 aromatic rings. The fraction of sp³-hybridized carbons (Fsp3) is 0.235. The van der Waals surface area contributed by atoms with E-state index in [-0.39, 0.29) is 12.3 Å². The molecule has 0 aliphatic carbocycles. The van der Waals surface area contributed by atoms with Gasteiger partial charge in [0, 0.05) is 22.1 Å². The largest absolute Gasteiger partial charge is 0.465 e. The number of hydrogen-bond acceptors (Lipinski definition) is 6. The lowest BCUT2D eigenvalue weighted by Gasteiger charge is -2.04. The number of amides is 1. The molecular formula is C17H15ClN2O3S2. The molecule has 1 N–H and O–H groups in total. The first-order chi connectivity index (χ1) is 12.0. The number of anilines is 1. The van der Waals surface area contributed by atoms with Gasteiger partial charge in [0.05, 0.1) is 12.7 Å². The second-order valence-electron chi connectivity index (χ2n) is 4.96. The molecule has 0 aliphatic rings. The SMILES string of the molecule is COC(=O)c1sc(NC(=O)CCSc2ccc(Cl)cc2)c(C#N)c1C. The molecule has 25 heavy (non-hydrogen) atoms. The van der Waals surface area contributed by atoms with Crippen LogP contribution < -0.4 is 5.32 Å². The summed E-state index contributed by atoms with van der Waals surface area (Å²) in [6.45, 7) is 1.66. The molecule has 5 nitrogen and oxygen atoms in total. The van der Waals surface area contributed by atoms with Crippen LogP contribution in [0.25, 0.3) is 0 Å². The molecule has 0 spiro atoms. The van der Waals surface area contributed by atoms with E-state index < -0.39 is 5.97 Å². The standard InChI is InChI=1S/C17H15ClN2O3S2/c1-10-13(9-19)16(25-15(10)17(22)23-2)20-14(21)7-8-24-12-5-3-11(18)4-6-12/h3-6H,7-8H2,1-2H3,(H,20,21). The van der Waals surface area contributed by atoms with Crippen LogP contribution in [0.5, 0.6) is 0 Å². The Labute approximate surface area is 158 Å². The summed E-state index contributed by atoms with van der Waals surface area (Å²) in [5.41, 5.74) is 0.814. The number of rotatable bonds is 6. The van der Waals surface area contributed by atoms with E-state index >= 15 is 0 Å². The van der Waals surface area contributed by atoms with Gasteiger partial charge in [0.2, 0.25) is 5.91 Å². The van der Waals surface area contributed by atoms with Gasteiger partial charge in [-0.3, -0.25) is 4.79 Å². The zero-order valence-electron chi connectivity index (χ0n) is 13.6. The summed E-state index contributed by atoms with van der Waals surface area (Å²) in [5.74, 6) is -0.141. The molecule has 130 valence electrons. The fourth-order valence-electron chi connectivity index (χ4n) is 2.01. The van der Waals surface area contributed by atoms with Gasteiger partial charge in [-0.15, -0.1) is 23.1 Å². The molecule has 1 aromatic carbocycles. The van der Waals surface area contributed by atoms with Crippen molar-refractivity contribution in [3.05, 3.63) is 45.3 Å². The Balaban J connectivity index is 1.97. The summed E-state index contributed by atoms with van der Waals surface area (Å²) in [7, 11) is 1.28. The van der Waals surface area contributed by atoms with Crippen molar-refractivity contribution in [3.8, 4) is 6.07 Å². The molecule has 0 bridgehead atoms. The number of nitrogens with one attached hydrogen (secondary N) is 1. The first-order valence-electron chi connectivity index (χ1n) is 7.26. The Kier molecular flexibility index (Phi) is 6.88. The number of esters is 1. The van der Waals surface area contributed by atoms with Crippen LogP contribution >= 0.6 is 34.7 Å². The van der Waals surface area contributed by atoms with Gasteiger partial charge >= 0.3 is 5.97 Å². The summed E-state index contributed by atoms with van der Waals surface area (Å²) in [6, 6.07) is 9.41. The van der Waals surface area contributed by atoms with E-state index in [2.05, 4.69) is 5.32 Å². The highest BCUT2D eigenvalue weighted by molar-refractivity contribution is 7.99. The molecule has 0 unspecified atom stereocenters. The minimum Gasteiger partial charge on any atom is -0.465 e. The predicted octanol–water partition coefficient (Wildman–Crippen LogP) is 4.49. The normalized spacial score (nSPS) is 10.2. The van der Waals surface area contributed by atoms with E-state index in [0.717, 1.165) is 16.2 Å². The Hall–Kier alpha value is -2.01. The maximum absolute atomic E-state index is 12.1. The second kappa shape index (κ2) is 8.90. The molecule has 0 atom stereocenters. The monoisotopic (exact) mass is 394 g/mol. The average Bonchev–Trinajstić information content (AvgIpc) is 2.91. The minimum absolute atomic E-state index is 0.212. The highest BCUT2D eigenvalue weighted by Gasteiger charge is 2.21. The Bertz CT molecular complexity index is 826. The first kappa shape index (κ1) is 19.3. The van der Waals surface area contributed by atoms with Crippen molar-refractivity contribution in [1.29, 1.82) is 5.26 Å². The number of hydrogen-bond donors (Lipinski definition) is 1. The molecule has 1 heterocycles. The van der Waals surface area contributed by atoms with Crippen molar-refractivity contribution in [2.75, 3.05) is 18.2 Å². The number of nitriles is 1. The van der Waals surface area contributed by atoms with Gasteiger partial charge in [-0.1, -0.05) is 11.6 Å². The van der Waals surface area contributed by atoms with Gasteiger partial charge < -0.3 is 10.1 Å². The molecule has 2 rings (SSSR count). The number of halogens is 1. The van der Waals surface area contributed by atoms with Crippen LogP contribution in [0, 0.1) is 18.3 Å². The van der Waals surface area contributed by atoms with Crippen molar-refractivity contribution in [3.63, 3.8) is 0 Å². The van der Waals surface area contributed by atoms with Crippen molar-refractivity contribution < 1.29 is 14.3 Å². The van der Waals surface area contributed by atoms with Crippen LogP contribution in [-0.2, 0) is 9.53 Å². The van der Waals surface area contributed by atoms with Crippen molar-refractivity contribution in [2.45, 2.75) is 18.2 Å². The lowest BCUT2D eigenvalue weighted by molar-refractivity contribution is -0.115. The first-order valence-corrected chi connectivity index (χ1v) is 9.44. The quantitative estimate of drug-likeness (QED) is 0.576. The molecule has 0 fully saturated rings. The van der Waals surface area contributed by atoms with E-state index in [9.17, 15) is 14.9 Å². The highest BCUT2D eigenvalue weighted by atomic mass is 35.5. The highest BCUT2D eigenvalue weighted by Crippen LogP contribution is 2.33. The predicted molar refractivity (Wildman–Crippen MR) is 101 cm³/mol. The van der Waals surface area contributed by atoms with Crippen LogP contribution in [0.2, 0.25) is 5.02 Å². The third kappa shape index (κ3) is 4.98. The van der Waals surface area contributed by atoms with Crippen LogP contribution in [0.3, 0.4) is 0 Å². The van der Waals surface area contributed by atoms with Crippen LogP contribution in [0.15, 0.2) is 29.2 Å². The molecule has 0 aliphatic heterocycles. The second-order valence-corrected chi connectivity index (χ2v) is 7.59. The molecule has 1 aromatic heterocycles. The van der Waals surface area contributed by atoms with Crippen molar-refractivity contribution in [2.24, 2.45) is 0 Å². The number of nitrogens with zero attached hydrogens (tertiary/aromatic N) is 1. The van der Waals surface area contributed by atoms with E-state index in [0.29, 0.717) is 31.8 Å². The Morgan fingerprint density at radius 2 is 2.04 bits per heavy atom. The van der Waals surface area contributed by atoms with E-state index in [1.807, 2.05) is 18.2 Å². The Morgan fingerprint density at radius 1 is 1.36 bits per heavy atom. The van der Waals surface area contributed by atoms with Crippen LogP contribution in [0.4, 0.5) is 5.00 Å². The van der Waals surface area contributed by atoms with Gasteiger partial charge in [-0.25, -0.2) is 4.79 Å². The summed E-state index contributed by atoms with van der Waals surface area (Å²) in [4.78, 5) is 25.2. The average molecular weight is 395 g/mol. The lowest BCUT2D eigenvalue weighted by Crippen LogP contribution is -2.12. The number of carbonyl (C=O) groups excluding carboxylic acids is 2. The van der Waals surface area contributed by atoms with Gasteiger partial charge in [-0.05, 0) is 36.8 Å². The van der Waals surface area contributed by atoms with Crippen molar-refractivity contribution >= 4 is 51.6 Å². The number of methoxy groups -OCH3 is 1. The van der Waals surface area contributed by atoms with E-state index in [4.69, 9.17) is 16.3 Å². The van der Waals surface area contributed by atoms with Gasteiger partial charge in [-0.2, -0.15) is 5.26 Å². The van der Waals surface area contributed by atoms with E-state index in [1.54, 1.807) is 19.1 Å². The summed E-state index contributed by atoms with van der Waals surface area (Å²) in [5, 5.41) is 13.0. The molecule has 0 saturated heterocycles. The minimum atomic E-state index is -0.516. The molecular weight excluding hydrogens is 380 g/mol. The maximum Gasteiger partial charge on any atom is 0.348 e. The summed E-state index contributed by atoms with van der Waals surface area (Å²) < 4.78 is 4.69. The van der Waals surface area contributed by atoms with Gasteiger partial charge in [0.25, 0.3) is 0 Å². The topological polar surface area (TPSA) is 79.2 Å². The molecule has 8 heteroatoms. The smallest absolute Gasteiger partial charge is 0.348 e. The number of benzene rings is 1. The fourth-order valence-corrected chi connectivity index (χ4v) is 4.07. The number of ether oxygens (including phenoxy) is 1.